The summed E-state index contributed by atoms with van der Waals surface area (Å²) in [7, 11) is 0. The molecular weight excluding hydrogens is 404 g/mol. The van der Waals surface area contributed by atoms with Crippen LogP contribution in [0.15, 0.2) is 30.3 Å². The molecule has 1 atom stereocenters. The number of alkyl carbamates (subject to hydrolysis) is 1. The van der Waals surface area contributed by atoms with Gasteiger partial charge in [-0.25, -0.2) is 9.59 Å². The molecule has 1 amide bonds. The van der Waals surface area contributed by atoms with Gasteiger partial charge in [0.05, 0.1) is 0 Å². The molecule has 1 aromatic heterocycles. The lowest BCUT2D eigenvalue weighted by Gasteiger charge is -2.23. The summed E-state index contributed by atoms with van der Waals surface area (Å²) >= 11 is 0. The fraction of sp³-hybridized carbons (Fsp3) is 0.500. The first-order valence-corrected chi connectivity index (χ1v) is 9.94. The van der Waals surface area contributed by atoms with Gasteiger partial charge in [0, 0.05) is 0 Å². The molecule has 0 radical (unpaired) electrons. The summed E-state index contributed by atoms with van der Waals surface area (Å²) in [4.78, 5) is 37.6. The van der Waals surface area contributed by atoms with E-state index < -0.39 is 29.6 Å². The first-order valence-electron chi connectivity index (χ1n) is 9.94. The van der Waals surface area contributed by atoms with Crippen LogP contribution < -0.4 is 11.1 Å². The molecule has 0 unspecified atom stereocenters. The van der Waals surface area contributed by atoms with Crippen LogP contribution >= 0.6 is 0 Å². The van der Waals surface area contributed by atoms with Crippen molar-refractivity contribution in [3.05, 3.63) is 41.7 Å². The Bertz CT molecular complexity index is 878. The number of nitrogens with one attached hydrogen (secondary N) is 1. The molecule has 2 rings (SSSR count). The molecule has 0 saturated heterocycles. The van der Waals surface area contributed by atoms with Gasteiger partial charge in [0.15, 0.2) is 0 Å². The molecule has 1 heterocycles. The summed E-state index contributed by atoms with van der Waals surface area (Å²) in [5.74, 6) is -1.92. The lowest BCUT2D eigenvalue weighted by atomic mass is 10.1. The second-order valence-electron chi connectivity index (χ2n) is 7.80. The summed E-state index contributed by atoms with van der Waals surface area (Å²) in [5.41, 5.74) is 5.55. The topological polar surface area (TPSA) is 151 Å². The maximum Gasteiger partial charge on any atom is 0.408 e. The van der Waals surface area contributed by atoms with Gasteiger partial charge in [0.2, 0.25) is 0 Å². The van der Waals surface area contributed by atoms with E-state index in [1.54, 1.807) is 32.9 Å². The summed E-state index contributed by atoms with van der Waals surface area (Å²) in [5, 5.41) is 13.2. The Labute approximate surface area is 180 Å². The minimum absolute atomic E-state index is 0.00316. The molecule has 0 fully saturated rings. The fourth-order valence-corrected chi connectivity index (χ4v) is 2.60. The third-order valence-electron chi connectivity index (χ3n) is 4.01. The third kappa shape index (κ3) is 7.78. The van der Waals surface area contributed by atoms with Gasteiger partial charge in [-0.1, -0.05) is 30.3 Å². The number of hydrogen-bond acceptors (Lipinski definition) is 9. The standard InChI is InChI=1S/C20H28N6O5/c1-20(2,3)31-19(29)22-15(11-7-8-12-21)17(27)26-16(23-24-25-26)18(28)30-13-14-9-5-4-6-10-14/h4-6,9-10,15H,7-8,11-13,21H2,1-3H3,(H,22,29)/t15-/m0/s1. The van der Waals surface area contributed by atoms with E-state index in [1.807, 2.05) is 18.2 Å². The van der Waals surface area contributed by atoms with Gasteiger partial charge in [0.1, 0.15) is 18.2 Å². The lowest BCUT2D eigenvalue weighted by Crippen LogP contribution is -2.46. The number of nitrogens with two attached hydrogens (primary N) is 1. The molecule has 0 saturated carbocycles. The van der Waals surface area contributed by atoms with Crippen LogP contribution in [0.25, 0.3) is 0 Å². The molecule has 0 bridgehead atoms. The van der Waals surface area contributed by atoms with E-state index in [9.17, 15) is 14.4 Å². The summed E-state index contributed by atoms with van der Waals surface area (Å²) in [6, 6.07) is 8.04. The summed E-state index contributed by atoms with van der Waals surface area (Å²) in [6.07, 6.45) is 0.730. The number of rotatable bonds is 9. The molecular formula is C20H28N6O5. The third-order valence-corrected chi connectivity index (χ3v) is 4.01. The Kier molecular flexibility index (Phi) is 8.62. The van der Waals surface area contributed by atoms with Crippen molar-refractivity contribution in [2.75, 3.05) is 6.54 Å². The van der Waals surface area contributed by atoms with E-state index in [-0.39, 0.29) is 18.9 Å². The Balaban J connectivity index is 2.11. The maximum atomic E-state index is 13.0. The van der Waals surface area contributed by atoms with Crippen molar-refractivity contribution in [3.8, 4) is 0 Å². The minimum Gasteiger partial charge on any atom is -0.455 e. The highest BCUT2D eigenvalue weighted by molar-refractivity contribution is 5.94. The summed E-state index contributed by atoms with van der Waals surface area (Å²) < 4.78 is 11.2. The first kappa shape index (κ1) is 23.9. The van der Waals surface area contributed by atoms with Crippen LogP contribution in [0, 0.1) is 0 Å². The molecule has 0 aliphatic heterocycles. The number of carbonyl (C=O) groups is 3. The molecule has 31 heavy (non-hydrogen) atoms. The number of esters is 1. The largest absolute Gasteiger partial charge is 0.455 e. The van der Waals surface area contributed by atoms with Crippen molar-refractivity contribution in [2.24, 2.45) is 5.73 Å². The number of hydrogen-bond donors (Lipinski definition) is 2. The predicted octanol–water partition coefficient (Wildman–Crippen LogP) is 1.69. The fourth-order valence-electron chi connectivity index (χ4n) is 2.60. The van der Waals surface area contributed by atoms with Crippen molar-refractivity contribution in [1.29, 1.82) is 0 Å². The predicted molar refractivity (Wildman–Crippen MR) is 110 cm³/mol. The van der Waals surface area contributed by atoms with E-state index in [0.717, 1.165) is 10.2 Å². The van der Waals surface area contributed by atoms with Crippen LogP contribution in [0.1, 0.15) is 61.0 Å². The van der Waals surface area contributed by atoms with Crippen LogP contribution in [-0.4, -0.2) is 56.4 Å². The first-order chi connectivity index (χ1) is 14.7. The zero-order chi connectivity index (χ0) is 22.9. The normalized spacial score (nSPS) is 12.1. The van der Waals surface area contributed by atoms with Gasteiger partial charge in [0.25, 0.3) is 11.7 Å². The lowest BCUT2D eigenvalue weighted by molar-refractivity contribution is 0.0438. The number of tetrazole rings is 1. The summed E-state index contributed by atoms with van der Waals surface area (Å²) in [6.45, 7) is 5.56. The second kappa shape index (κ2) is 11.2. The van der Waals surface area contributed by atoms with Crippen molar-refractivity contribution in [1.82, 2.24) is 25.5 Å². The van der Waals surface area contributed by atoms with Gasteiger partial charge in [-0.3, -0.25) is 4.79 Å². The maximum absolute atomic E-state index is 13.0. The number of unbranched alkanes of at least 4 members (excludes halogenated alkanes) is 1. The van der Waals surface area contributed by atoms with E-state index in [2.05, 4.69) is 20.8 Å². The van der Waals surface area contributed by atoms with Crippen molar-refractivity contribution in [3.63, 3.8) is 0 Å². The molecule has 11 heteroatoms. The van der Waals surface area contributed by atoms with Crippen LogP contribution in [0.2, 0.25) is 0 Å². The SMILES string of the molecule is CC(C)(C)OC(=O)N[C@@H](CCCCN)C(=O)n1nnnc1C(=O)OCc1ccccc1. The van der Waals surface area contributed by atoms with Gasteiger partial charge >= 0.3 is 12.1 Å². The minimum atomic E-state index is -1.01. The van der Waals surface area contributed by atoms with Crippen molar-refractivity contribution < 1.29 is 23.9 Å². The van der Waals surface area contributed by atoms with E-state index in [4.69, 9.17) is 15.2 Å². The van der Waals surface area contributed by atoms with Crippen molar-refractivity contribution in [2.45, 2.75) is 58.3 Å². The number of benzene rings is 1. The van der Waals surface area contributed by atoms with E-state index in [1.165, 1.54) is 0 Å². The highest BCUT2D eigenvalue weighted by Crippen LogP contribution is 2.10. The van der Waals surface area contributed by atoms with Gasteiger partial charge in [-0.05, 0) is 62.6 Å². The molecule has 11 nitrogen and oxygen atoms in total. The number of nitrogens with zero attached hydrogens (tertiary/aromatic N) is 4. The molecule has 2 aromatic rings. The molecule has 0 aliphatic rings. The van der Waals surface area contributed by atoms with Crippen molar-refractivity contribution >= 4 is 18.0 Å². The Hall–Kier alpha value is -3.34. The Morgan fingerprint density at radius 3 is 2.52 bits per heavy atom. The van der Waals surface area contributed by atoms with Gasteiger partial charge < -0.3 is 20.5 Å². The van der Waals surface area contributed by atoms with Gasteiger partial charge in [-0.2, -0.15) is 4.68 Å². The number of ether oxygens (including phenoxy) is 2. The van der Waals surface area contributed by atoms with Crippen LogP contribution in [-0.2, 0) is 16.1 Å². The van der Waals surface area contributed by atoms with Gasteiger partial charge in [-0.15, -0.1) is 5.10 Å². The molecule has 168 valence electrons. The number of amides is 1. The Morgan fingerprint density at radius 1 is 1.16 bits per heavy atom. The smallest absolute Gasteiger partial charge is 0.408 e. The Morgan fingerprint density at radius 2 is 1.87 bits per heavy atom. The zero-order valence-corrected chi connectivity index (χ0v) is 17.9. The second-order valence-corrected chi connectivity index (χ2v) is 7.80. The van der Waals surface area contributed by atoms with Crippen LogP contribution in [0.3, 0.4) is 0 Å². The average molecular weight is 432 g/mol. The van der Waals surface area contributed by atoms with E-state index in [0.29, 0.717) is 19.4 Å². The highest BCUT2D eigenvalue weighted by Gasteiger charge is 2.30. The zero-order valence-electron chi connectivity index (χ0n) is 17.9. The number of carbonyl (C=O) groups excluding carboxylic acids is 3. The molecule has 3 N–H and O–H groups in total. The monoisotopic (exact) mass is 432 g/mol. The average Bonchev–Trinajstić information content (AvgIpc) is 3.20. The number of aromatic nitrogens is 4. The molecule has 0 spiro atoms. The van der Waals surface area contributed by atoms with E-state index >= 15 is 0 Å². The van der Waals surface area contributed by atoms with Crippen LogP contribution in [0.5, 0.6) is 0 Å². The quantitative estimate of drug-likeness (QED) is 0.342. The van der Waals surface area contributed by atoms with Crippen LogP contribution in [0.4, 0.5) is 4.79 Å². The molecule has 0 aliphatic carbocycles. The molecule has 1 aromatic carbocycles. The highest BCUT2D eigenvalue weighted by atomic mass is 16.6.